The molecule has 0 saturated heterocycles. The Morgan fingerprint density at radius 1 is 1.33 bits per heavy atom. The molecule has 0 aromatic heterocycles. The van der Waals surface area contributed by atoms with Gasteiger partial charge in [0.25, 0.3) is 5.91 Å². The molecule has 0 spiro atoms. The summed E-state index contributed by atoms with van der Waals surface area (Å²) < 4.78 is 49.3. The van der Waals surface area contributed by atoms with E-state index in [1.54, 1.807) is 5.43 Å². The van der Waals surface area contributed by atoms with Gasteiger partial charge in [-0.15, -0.1) is 0 Å². The normalized spacial score (nSPS) is 11.3. The fourth-order valence-corrected chi connectivity index (χ4v) is 0.953. The molecule has 82 valence electrons. The van der Waals surface area contributed by atoms with E-state index in [2.05, 4.69) is 0 Å². The zero-order chi connectivity index (χ0) is 11.6. The molecule has 0 bridgehead atoms. The van der Waals surface area contributed by atoms with Crippen LogP contribution in [-0.2, 0) is 6.18 Å². The summed E-state index contributed by atoms with van der Waals surface area (Å²) in [6, 6.07) is 1.57. The number of hydrogen-bond donors (Lipinski definition) is 2. The van der Waals surface area contributed by atoms with Crippen LogP contribution in [0.15, 0.2) is 18.2 Å². The summed E-state index contributed by atoms with van der Waals surface area (Å²) in [7, 11) is 0. The van der Waals surface area contributed by atoms with Gasteiger partial charge in [0.2, 0.25) is 0 Å². The molecule has 15 heavy (non-hydrogen) atoms. The van der Waals surface area contributed by atoms with Gasteiger partial charge in [-0.2, -0.15) is 13.2 Å². The SMILES string of the molecule is NNC(=O)c1ccc(C(F)(F)F)cc1F. The molecule has 1 aromatic carbocycles. The molecule has 0 aliphatic carbocycles. The van der Waals surface area contributed by atoms with Crippen molar-refractivity contribution in [1.29, 1.82) is 0 Å². The standard InChI is InChI=1S/C8H6F4N2O/c9-6-3-4(8(10,11)12)1-2-5(6)7(15)14-13/h1-3H,13H2,(H,14,15). The number of nitrogens with two attached hydrogens (primary N) is 1. The summed E-state index contributed by atoms with van der Waals surface area (Å²) in [5.74, 6) is 2.45. The second-order valence-corrected chi connectivity index (χ2v) is 2.67. The summed E-state index contributed by atoms with van der Waals surface area (Å²) >= 11 is 0. The lowest BCUT2D eigenvalue weighted by Gasteiger charge is -2.08. The first-order valence-corrected chi connectivity index (χ1v) is 3.74. The van der Waals surface area contributed by atoms with Crippen LogP contribution >= 0.6 is 0 Å². The largest absolute Gasteiger partial charge is 0.416 e. The molecule has 7 heteroatoms. The molecule has 1 rings (SSSR count). The van der Waals surface area contributed by atoms with Crippen molar-refractivity contribution in [1.82, 2.24) is 5.43 Å². The molecular weight excluding hydrogens is 216 g/mol. The van der Waals surface area contributed by atoms with Crippen LogP contribution in [0.2, 0.25) is 0 Å². The number of hydrogen-bond acceptors (Lipinski definition) is 2. The number of rotatable bonds is 1. The first kappa shape index (κ1) is 11.4. The summed E-state index contributed by atoms with van der Waals surface area (Å²) in [5, 5.41) is 0. The molecule has 0 saturated carbocycles. The highest BCUT2D eigenvalue weighted by Crippen LogP contribution is 2.30. The fraction of sp³-hybridized carbons (Fsp3) is 0.125. The third-order valence-electron chi connectivity index (χ3n) is 1.67. The lowest BCUT2D eigenvalue weighted by Crippen LogP contribution is -2.30. The van der Waals surface area contributed by atoms with Gasteiger partial charge in [0.15, 0.2) is 0 Å². The lowest BCUT2D eigenvalue weighted by molar-refractivity contribution is -0.137. The second-order valence-electron chi connectivity index (χ2n) is 2.67. The third-order valence-corrected chi connectivity index (χ3v) is 1.67. The molecule has 3 nitrogen and oxygen atoms in total. The molecule has 0 heterocycles. The molecule has 1 amide bonds. The highest BCUT2D eigenvalue weighted by atomic mass is 19.4. The minimum Gasteiger partial charge on any atom is -0.290 e. The van der Waals surface area contributed by atoms with Crippen molar-refractivity contribution >= 4 is 5.91 Å². The Hall–Kier alpha value is -1.63. The van der Waals surface area contributed by atoms with Crippen molar-refractivity contribution in [3.63, 3.8) is 0 Å². The summed E-state index contributed by atoms with van der Waals surface area (Å²) in [6.45, 7) is 0. The number of carbonyl (C=O) groups is 1. The van der Waals surface area contributed by atoms with E-state index in [0.717, 1.165) is 6.07 Å². The van der Waals surface area contributed by atoms with Gasteiger partial charge < -0.3 is 0 Å². The average molecular weight is 222 g/mol. The van der Waals surface area contributed by atoms with E-state index in [-0.39, 0.29) is 6.07 Å². The topological polar surface area (TPSA) is 55.1 Å². The van der Waals surface area contributed by atoms with Crippen molar-refractivity contribution in [3.05, 3.63) is 35.1 Å². The van der Waals surface area contributed by atoms with Crippen molar-refractivity contribution in [2.75, 3.05) is 0 Å². The molecule has 1 aromatic rings. The highest BCUT2D eigenvalue weighted by molar-refractivity contribution is 5.94. The van der Waals surface area contributed by atoms with Crippen LogP contribution in [0.1, 0.15) is 15.9 Å². The van der Waals surface area contributed by atoms with Crippen LogP contribution < -0.4 is 11.3 Å². The van der Waals surface area contributed by atoms with Gasteiger partial charge in [-0.25, -0.2) is 10.2 Å². The number of benzene rings is 1. The molecule has 0 aliphatic heterocycles. The van der Waals surface area contributed by atoms with Crippen LogP contribution in [0.25, 0.3) is 0 Å². The van der Waals surface area contributed by atoms with E-state index in [0.29, 0.717) is 6.07 Å². The number of halogens is 4. The summed E-state index contributed by atoms with van der Waals surface area (Å²) in [6.07, 6.45) is -4.64. The van der Waals surface area contributed by atoms with E-state index in [4.69, 9.17) is 5.84 Å². The highest BCUT2D eigenvalue weighted by Gasteiger charge is 2.31. The first-order valence-electron chi connectivity index (χ1n) is 3.74. The van der Waals surface area contributed by atoms with Crippen LogP contribution in [-0.4, -0.2) is 5.91 Å². The number of hydrazine groups is 1. The van der Waals surface area contributed by atoms with Crippen molar-refractivity contribution < 1.29 is 22.4 Å². The van der Waals surface area contributed by atoms with E-state index in [1.807, 2.05) is 0 Å². The maximum Gasteiger partial charge on any atom is 0.416 e. The van der Waals surface area contributed by atoms with Crippen molar-refractivity contribution in [2.45, 2.75) is 6.18 Å². The minimum absolute atomic E-state index is 0.241. The fourth-order valence-electron chi connectivity index (χ4n) is 0.953. The Morgan fingerprint density at radius 3 is 2.33 bits per heavy atom. The lowest BCUT2D eigenvalue weighted by atomic mass is 10.1. The molecule has 0 fully saturated rings. The smallest absolute Gasteiger partial charge is 0.290 e. The van der Waals surface area contributed by atoms with Gasteiger partial charge in [-0.05, 0) is 18.2 Å². The number of nitrogens with one attached hydrogen (secondary N) is 1. The minimum atomic E-state index is -4.64. The number of nitrogen functional groups attached to an aromatic ring is 1. The Labute approximate surface area is 81.8 Å². The maximum atomic E-state index is 13.0. The van der Waals surface area contributed by atoms with Gasteiger partial charge in [-0.3, -0.25) is 10.2 Å². The Balaban J connectivity index is 3.15. The molecular formula is C8H6F4N2O. The number of carbonyl (C=O) groups excluding carboxylic acids is 1. The van der Waals surface area contributed by atoms with E-state index >= 15 is 0 Å². The maximum absolute atomic E-state index is 13.0. The van der Waals surface area contributed by atoms with E-state index < -0.39 is 29.0 Å². The molecule has 0 aliphatic rings. The first-order chi connectivity index (χ1) is 6.86. The molecule has 0 atom stereocenters. The van der Waals surface area contributed by atoms with Gasteiger partial charge in [-0.1, -0.05) is 0 Å². The predicted molar refractivity (Wildman–Crippen MR) is 43.1 cm³/mol. The van der Waals surface area contributed by atoms with E-state index in [9.17, 15) is 22.4 Å². The Kier molecular flexibility index (Phi) is 2.94. The average Bonchev–Trinajstić information content (AvgIpc) is 2.15. The van der Waals surface area contributed by atoms with Gasteiger partial charge in [0.05, 0.1) is 11.1 Å². The summed E-state index contributed by atoms with van der Waals surface area (Å²) in [5.41, 5.74) is -0.0752. The van der Waals surface area contributed by atoms with E-state index in [1.165, 1.54) is 0 Å². The van der Waals surface area contributed by atoms with Gasteiger partial charge in [0, 0.05) is 0 Å². The quantitative estimate of drug-likeness (QED) is 0.327. The third kappa shape index (κ3) is 2.44. The number of alkyl halides is 3. The zero-order valence-electron chi connectivity index (χ0n) is 7.23. The Bertz CT molecular complexity index is 389. The van der Waals surface area contributed by atoms with Gasteiger partial charge >= 0.3 is 6.18 Å². The predicted octanol–water partition coefficient (Wildman–Crippen LogP) is 1.45. The second kappa shape index (κ2) is 3.85. The molecule has 0 unspecified atom stereocenters. The van der Waals surface area contributed by atoms with Crippen LogP contribution in [0.4, 0.5) is 17.6 Å². The Morgan fingerprint density at radius 2 is 1.93 bits per heavy atom. The van der Waals surface area contributed by atoms with Crippen LogP contribution in [0.5, 0.6) is 0 Å². The summed E-state index contributed by atoms with van der Waals surface area (Å²) in [4.78, 5) is 10.8. The van der Waals surface area contributed by atoms with Crippen LogP contribution in [0, 0.1) is 5.82 Å². The monoisotopic (exact) mass is 222 g/mol. The molecule has 0 radical (unpaired) electrons. The van der Waals surface area contributed by atoms with Crippen molar-refractivity contribution in [3.8, 4) is 0 Å². The zero-order valence-corrected chi connectivity index (χ0v) is 7.23. The number of amides is 1. The van der Waals surface area contributed by atoms with Gasteiger partial charge in [0.1, 0.15) is 5.82 Å². The van der Waals surface area contributed by atoms with Crippen LogP contribution in [0.3, 0.4) is 0 Å². The molecule has 3 N–H and O–H groups in total. The van der Waals surface area contributed by atoms with Crippen molar-refractivity contribution in [2.24, 2.45) is 5.84 Å².